The number of aromatic nitrogens is 2. The molecule has 0 unspecified atom stereocenters. The first-order chi connectivity index (χ1) is 16.8. The maximum Gasteiger partial charge on any atom is 0.323 e. The van der Waals surface area contributed by atoms with E-state index >= 15 is 0 Å². The minimum absolute atomic E-state index is 0.0175. The summed E-state index contributed by atoms with van der Waals surface area (Å²) in [7, 11) is -3.94. The third kappa shape index (κ3) is 6.80. The normalized spacial score (nSPS) is 11.4. The van der Waals surface area contributed by atoms with Crippen molar-refractivity contribution in [2.45, 2.75) is 4.90 Å². The summed E-state index contributed by atoms with van der Waals surface area (Å²) in [6, 6.07) is 15.4. The second-order valence-electron chi connectivity index (χ2n) is 6.99. The van der Waals surface area contributed by atoms with Gasteiger partial charge in [0.05, 0.1) is 20.6 Å². The highest BCUT2D eigenvalue weighted by Crippen LogP contribution is 2.25. The number of carbonyl (C=O) groups is 1. The topological polar surface area (TPSA) is 113 Å². The summed E-state index contributed by atoms with van der Waals surface area (Å²) in [6.45, 7) is 0. The largest absolute Gasteiger partial charge is 0.323 e. The van der Waals surface area contributed by atoms with Crippen LogP contribution in [0.5, 0.6) is 0 Å². The predicted molar refractivity (Wildman–Crippen MR) is 142 cm³/mol. The molecular weight excluding hydrogens is 529 g/mol. The number of thiophene rings is 1. The van der Waals surface area contributed by atoms with E-state index in [9.17, 15) is 13.2 Å². The van der Waals surface area contributed by atoms with Crippen LogP contribution >= 0.6 is 34.5 Å². The summed E-state index contributed by atoms with van der Waals surface area (Å²) in [5.41, 5.74) is 1.39. The molecule has 2 amide bonds. The van der Waals surface area contributed by atoms with Crippen LogP contribution in [0.4, 0.5) is 22.1 Å². The van der Waals surface area contributed by atoms with E-state index in [2.05, 4.69) is 25.3 Å². The number of halogens is 2. The van der Waals surface area contributed by atoms with Crippen LogP contribution in [-0.4, -0.2) is 24.4 Å². The highest BCUT2D eigenvalue weighted by atomic mass is 35.5. The summed E-state index contributed by atoms with van der Waals surface area (Å²) >= 11 is 13.4. The Morgan fingerprint density at radius 3 is 2.37 bits per heavy atom. The van der Waals surface area contributed by atoms with Gasteiger partial charge in [-0.2, -0.15) is 0 Å². The number of nitrogens with zero attached hydrogens (tertiary/aromatic N) is 2. The first-order valence-corrected chi connectivity index (χ1v) is 13.1. The molecule has 0 spiro atoms. The molecule has 0 aliphatic rings. The number of amides is 2. The van der Waals surface area contributed by atoms with Crippen LogP contribution in [-0.2, 0) is 10.0 Å². The standard InChI is InChI=1S/C23H17Cl2N5O3S2/c24-20-10-6-17(14-21(20)25)29-23(31)28-15-4-8-19(9-5-15)35(32,33)30-22-26-12-11-16(27-22)3-7-18-2-1-13-34-18/h1-14H,(H,26,27,30)(H2,28,29,31). The zero-order chi connectivity index (χ0) is 24.8. The Labute approximate surface area is 215 Å². The van der Waals surface area contributed by atoms with Gasteiger partial charge in [-0.3, -0.25) is 0 Å². The van der Waals surface area contributed by atoms with Crippen LogP contribution < -0.4 is 15.4 Å². The zero-order valence-electron chi connectivity index (χ0n) is 17.8. The minimum Gasteiger partial charge on any atom is -0.308 e. The average molecular weight is 546 g/mol. The molecule has 0 saturated heterocycles. The minimum atomic E-state index is -3.94. The van der Waals surface area contributed by atoms with Crippen molar-refractivity contribution < 1.29 is 13.2 Å². The highest BCUT2D eigenvalue weighted by Gasteiger charge is 2.16. The van der Waals surface area contributed by atoms with Gasteiger partial charge in [0.15, 0.2) is 0 Å². The number of hydrogen-bond donors (Lipinski definition) is 3. The molecule has 4 aromatic rings. The van der Waals surface area contributed by atoms with Gasteiger partial charge in [0.1, 0.15) is 0 Å². The van der Waals surface area contributed by atoms with E-state index in [1.54, 1.807) is 35.6 Å². The molecule has 178 valence electrons. The molecule has 0 bridgehead atoms. The number of hydrogen-bond acceptors (Lipinski definition) is 6. The number of rotatable bonds is 7. The zero-order valence-corrected chi connectivity index (χ0v) is 20.9. The van der Waals surface area contributed by atoms with Crippen molar-refractivity contribution in [1.82, 2.24) is 9.97 Å². The fourth-order valence-corrected chi connectivity index (χ4v) is 4.70. The van der Waals surface area contributed by atoms with Crippen LogP contribution in [0.25, 0.3) is 12.2 Å². The van der Waals surface area contributed by atoms with Crippen molar-refractivity contribution >= 4 is 80.1 Å². The average Bonchev–Trinajstić information content (AvgIpc) is 3.34. The Kier molecular flexibility index (Phi) is 7.67. The summed E-state index contributed by atoms with van der Waals surface area (Å²) in [5.74, 6) is -0.0541. The SMILES string of the molecule is O=C(Nc1ccc(S(=O)(=O)Nc2nccc(C=Cc3cccs3)n2)cc1)Nc1ccc(Cl)c(Cl)c1. The highest BCUT2D eigenvalue weighted by molar-refractivity contribution is 7.92. The van der Waals surface area contributed by atoms with Gasteiger partial charge in [0, 0.05) is 22.4 Å². The second kappa shape index (κ2) is 10.9. The molecule has 0 radical (unpaired) electrons. The monoisotopic (exact) mass is 545 g/mol. The lowest BCUT2D eigenvalue weighted by Gasteiger charge is -2.10. The lowest BCUT2D eigenvalue weighted by atomic mass is 10.3. The Morgan fingerprint density at radius 1 is 0.914 bits per heavy atom. The van der Waals surface area contributed by atoms with Crippen LogP contribution in [0.2, 0.25) is 10.0 Å². The maximum atomic E-state index is 12.8. The summed E-state index contributed by atoms with van der Waals surface area (Å²) in [6.07, 6.45) is 5.13. The maximum absolute atomic E-state index is 12.8. The molecule has 2 heterocycles. The van der Waals surface area contributed by atoms with Gasteiger partial charge in [-0.05, 0) is 72.1 Å². The van der Waals surface area contributed by atoms with Crippen LogP contribution in [0, 0.1) is 0 Å². The van der Waals surface area contributed by atoms with Gasteiger partial charge in [0.25, 0.3) is 10.0 Å². The van der Waals surface area contributed by atoms with E-state index in [-0.39, 0.29) is 10.8 Å². The van der Waals surface area contributed by atoms with E-state index < -0.39 is 16.1 Å². The molecule has 8 nitrogen and oxygen atoms in total. The van der Waals surface area contributed by atoms with E-state index in [1.807, 2.05) is 23.6 Å². The van der Waals surface area contributed by atoms with Crippen molar-refractivity contribution in [3.8, 4) is 0 Å². The van der Waals surface area contributed by atoms with Crippen molar-refractivity contribution in [1.29, 1.82) is 0 Å². The van der Waals surface area contributed by atoms with Crippen molar-refractivity contribution in [2.24, 2.45) is 0 Å². The van der Waals surface area contributed by atoms with E-state index in [4.69, 9.17) is 23.2 Å². The van der Waals surface area contributed by atoms with Gasteiger partial charge < -0.3 is 10.6 Å². The second-order valence-corrected chi connectivity index (χ2v) is 10.5. The lowest BCUT2D eigenvalue weighted by Crippen LogP contribution is -2.19. The van der Waals surface area contributed by atoms with Gasteiger partial charge in [-0.1, -0.05) is 29.3 Å². The third-order valence-electron chi connectivity index (χ3n) is 4.46. The first kappa shape index (κ1) is 24.7. The number of anilines is 3. The molecule has 0 aliphatic heterocycles. The summed E-state index contributed by atoms with van der Waals surface area (Å²) in [5, 5.41) is 7.86. The Morgan fingerprint density at radius 2 is 1.66 bits per heavy atom. The molecule has 0 aliphatic carbocycles. The first-order valence-electron chi connectivity index (χ1n) is 9.99. The Balaban J connectivity index is 1.39. The van der Waals surface area contributed by atoms with Crippen LogP contribution in [0.3, 0.4) is 0 Å². The Bertz CT molecular complexity index is 1480. The number of benzene rings is 2. The number of urea groups is 1. The van der Waals surface area contributed by atoms with E-state index in [0.717, 1.165) is 4.88 Å². The molecule has 4 rings (SSSR count). The summed E-state index contributed by atoms with van der Waals surface area (Å²) in [4.78, 5) is 21.5. The third-order valence-corrected chi connectivity index (χ3v) is 7.38. The van der Waals surface area contributed by atoms with Gasteiger partial charge in [-0.25, -0.2) is 27.9 Å². The smallest absolute Gasteiger partial charge is 0.308 e. The number of sulfonamides is 1. The molecule has 2 aromatic carbocycles. The lowest BCUT2D eigenvalue weighted by molar-refractivity contribution is 0.262. The van der Waals surface area contributed by atoms with Crippen molar-refractivity contribution in [2.75, 3.05) is 15.4 Å². The Hall–Kier alpha value is -3.44. The van der Waals surface area contributed by atoms with Gasteiger partial charge in [0.2, 0.25) is 5.95 Å². The van der Waals surface area contributed by atoms with Gasteiger partial charge >= 0.3 is 6.03 Å². The number of carbonyl (C=O) groups excluding carboxylic acids is 1. The molecule has 12 heteroatoms. The van der Waals surface area contributed by atoms with Crippen LogP contribution in [0.15, 0.2) is 77.1 Å². The molecular formula is C23H17Cl2N5O3S2. The van der Waals surface area contributed by atoms with E-state index in [0.29, 0.717) is 27.1 Å². The molecule has 0 fully saturated rings. The molecule has 0 atom stereocenters. The predicted octanol–water partition coefficient (Wildman–Crippen LogP) is 6.46. The number of nitrogens with one attached hydrogen (secondary N) is 3. The molecule has 2 aromatic heterocycles. The molecule has 35 heavy (non-hydrogen) atoms. The van der Waals surface area contributed by atoms with Gasteiger partial charge in [-0.15, -0.1) is 11.3 Å². The summed E-state index contributed by atoms with van der Waals surface area (Å²) < 4.78 is 27.9. The molecule has 0 saturated carbocycles. The molecule has 3 N–H and O–H groups in total. The van der Waals surface area contributed by atoms with Crippen LogP contribution in [0.1, 0.15) is 10.6 Å². The fourth-order valence-electron chi connectivity index (χ4n) is 2.83. The van der Waals surface area contributed by atoms with Crippen molar-refractivity contribution in [3.63, 3.8) is 0 Å². The fraction of sp³-hybridized carbons (Fsp3) is 0. The van der Waals surface area contributed by atoms with E-state index in [1.165, 1.54) is 36.5 Å². The van der Waals surface area contributed by atoms with Crippen molar-refractivity contribution in [3.05, 3.63) is 92.9 Å². The quantitative estimate of drug-likeness (QED) is 0.246.